The number of aliphatic hydroxyl groups is 1. The summed E-state index contributed by atoms with van der Waals surface area (Å²) >= 11 is 0. The van der Waals surface area contributed by atoms with Gasteiger partial charge in [-0.2, -0.15) is 0 Å². The van der Waals surface area contributed by atoms with Gasteiger partial charge in [-0.3, -0.25) is 0 Å². The van der Waals surface area contributed by atoms with E-state index in [4.69, 9.17) is 4.74 Å². The van der Waals surface area contributed by atoms with Crippen LogP contribution in [0, 0.1) is 5.92 Å². The molecule has 2 rings (SSSR count). The van der Waals surface area contributed by atoms with Gasteiger partial charge in [0.25, 0.3) is 0 Å². The van der Waals surface area contributed by atoms with E-state index in [1.807, 2.05) is 0 Å². The van der Waals surface area contributed by atoms with Crippen molar-refractivity contribution >= 4 is 0 Å². The Hall–Kier alpha value is -0.0800. The molecule has 2 heteroatoms. The minimum atomic E-state index is -0.112. The van der Waals surface area contributed by atoms with Crippen molar-refractivity contribution in [2.45, 2.75) is 50.7 Å². The van der Waals surface area contributed by atoms with Crippen molar-refractivity contribution < 1.29 is 9.84 Å². The molecule has 1 saturated carbocycles. The number of rotatable bonds is 0. The van der Waals surface area contributed by atoms with E-state index < -0.39 is 0 Å². The molecule has 70 valence electrons. The minimum Gasteiger partial charge on any atom is -0.393 e. The van der Waals surface area contributed by atoms with Crippen LogP contribution in [0.25, 0.3) is 0 Å². The van der Waals surface area contributed by atoms with Crippen LogP contribution in [0.5, 0.6) is 0 Å². The number of aliphatic hydroxyl groups excluding tert-OH is 1. The van der Waals surface area contributed by atoms with Crippen LogP contribution in [-0.2, 0) is 4.74 Å². The average Bonchev–Trinajstić information content (AvgIpc) is 2.33. The summed E-state index contributed by atoms with van der Waals surface area (Å²) in [5.74, 6) is 0.646. The first-order chi connectivity index (χ1) is 5.73. The molecule has 1 N–H and O–H groups in total. The highest BCUT2D eigenvalue weighted by molar-refractivity contribution is 4.95. The molecule has 1 aliphatic heterocycles. The predicted octanol–water partition coefficient (Wildman–Crippen LogP) is 1.72. The van der Waals surface area contributed by atoms with Crippen LogP contribution in [0.4, 0.5) is 0 Å². The van der Waals surface area contributed by atoms with Crippen LogP contribution in [0.15, 0.2) is 0 Å². The van der Waals surface area contributed by atoms with Crippen molar-refractivity contribution in [2.75, 3.05) is 6.61 Å². The van der Waals surface area contributed by atoms with Gasteiger partial charge in [0.1, 0.15) is 0 Å². The molecule has 1 heterocycles. The second kappa shape index (κ2) is 3.00. The summed E-state index contributed by atoms with van der Waals surface area (Å²) in [5.41, 5.74) is 0.0532. The van der Waals surface area contributed by atoms with Crippen molar-refractivity contribution in [1.82, 2.24) is 0 Å². The lowest BCUT2D eigenvalue weighted by atomic mass is 9.84. The van der Waals surface area contributed by atoms with E-state index >= 15 is 0 Å². The summed E-state index contributed by atoms with van der Waals surface area (Å²) in [5, 5.41) is 9.57. The summed E-state index contributed by atoms with van der Waals surface area (Å²) in [6.07, 6.45) is 5.29. The molecule has 1 saturated heterocycles. The van der Waals surface area contributed by atoms with Crippen molar-refractivity contribution in [3.8, 4) is 0 Å². The normalized spacial score (nSPS) is 48.5. The fraction of sp³-hybridized carbons (Fsp3) is 1.00. The van der Waals surface area contributed by atoms with E-state index in [0.29, 0.717) is 5.92 Å². The van der Waals surface area contributed by atoms with Crippen molar-refractivity contribution in [3.05, 3.63) is 0 Å². The van der Waals surface area contributed by atoms with Gasteiger partial charge in [-0.05, 0) is 25.2 Å². The fourth-order valence-corrected chi connectivity index (χ4v) is 2.69. The van der Waals surface area contributed by atoms with E-state index in [-0.39, 0.29) is 11.7 Å². The summed E-state index contributed by atoms with van der Waals surface area (Å²) in [6, 6.07) is 0. The molecule has 2 aliphatic rings. The highest BCUT2D eigenvalue weighted by Crippen LogP contribution is 2.44. The van der Waals surface area contributed by atoms with Gasteiger partial charge in [0.15, 0.2) is 0 Å². The predicted molar refractivity (Wildman–Crippen MR) is 46.9 cm³/mol. The third-order valence-corrected chi connectivity index (χ3v) is 3.56. The van der Waals surface area contributed by atoms with E-state index in [1.54, 1.807) is 0 Å². The zero-order valence-corrected chi connectivity index (χ0v) is 7.75. The zero-order valence-electron chi connectivity index (χ0n) is 7.75. The van der Waals surface area contributed by atoms with Crippen LogP contribution >= 0.6 is 0 Å². The van der Waals surface area contributed by atoms with Crippen molar-refractivity contribution in [2.24, 2.45) is 5.92 Å². The lowest BCUT2D eigenvalue weighted by Crippen LogP contribution is -2.43. The molecule has 1 spiro atoms. The highest BCUT2D eigenvalue weighted by Gasteiger charge is 2.44. The van der Waals surface area contributed by atoms with Gasteiger partial charge < -0.3 is 9.84 Å². The monoisotopic (exact) mass is 170 g/mol. The van der Waals surface area contributed by atoms with E-state index in [1.165, 1.54) is 12.8 Å². The lowest BCUT2D eigenvalue weighted by molar-refractivity contribution is -0.134. The molecule has 3 unspecified atom stereocenters. The quantitative estimate of drug-likeness (QED) is 0.599. The van der Waals surface area contributed by atoms with Gasteiger partial charge in [0.05, 0.1) is 11.7 Å². The van der Waals surface area contributed by atoms with Crippen LogP contribution in [0.1, 0.15) is 39.0 Å². The molecule has 0 aromatic heterocycles. The lowest BCUT2D eigenvalue weighted by Gasteiger charge is -2.39. The zero-order chi connectivity index (χ0) is 8.60. The van der Waals surface area contributed by atoms with Crippen molar-refractivity contribution in [3.63, 3.8) is 0 Å². The molecule has 0 radical (unpaired) electrons. The van der Waals surface area contributed by atoms with Gasteiger partial charge in [0, 0.05) is 13.0 Å². The molecule has 2 nitrogen and oxygen atoms in total. The topological polar surface area (TPSA) is 29.5 Å². The summed E-state index contributed by atoms with van der Waals surface area (Å²) in [6.45, 7) is 3.01. The Bertz CT molecular complexity index is 169. The molecule has 0 aromatic carbocycles. The Morgan fingerprint density at radius 3 is 2.83 bits per heavy atom. The molecule has 0 bridgehead atoms. The van der Waals surface area contributed by atoms with Gasteiger partial charge in [-0.1, -0.05) is 13.3 Å². The maximum Gasteiger partial charge on any atom is 0.0732 e. The standard InChI is InChI=1S/C10H18O2/c1-8-3-2-5-10(8)7-9(11)4-6-12-10/h8-9,11H,2-7H2,1H3. The van der Waals surface area contributed by atoms with E-state index in [2.05, 4.69) is 6.92 Å². The number of ether oxygens (including phenoxy) is 1. The molecule has 2 fully saturated rings. The smallest absolute Gasteiger partial charge is 0.0732 e. The second-order valence-electron chi connectivity index (χ2n) is 4.35. The maximum atomic E-state index is 9.57. The third kappa shape index (κ3) is 1.27. The van der Waals surface area contributed by atoms with Crippen LogP contribution in [0.3, 0.4) is 0 Å². The molecular formula is C10H18O2. The fourth-order valence-electron chi connectivity index (χ4n) is 2.69. The van der Waals surface area contributed by atoms with Crippen LogP contribution in [-0.4, -0.2) is 23.4 Å². The minimum absolute atomic E-state index is 0.0532. The Morgan fingerprint density at radius 2 is 2.25 bits per heavy atom. The molecule has 1 aliphatic carbocycles. The molecule has 0 amide bonds. The Labute approximate surface area is 73.9 Å². The first-order valence-electron chi connectivity index (χ1n) is 5.05. The molecular weight excluding hydrogens is 152 g/mol. The van der Waals surface area contributed by atoms with Gasteiger partial charge >= 0.3 is 0 Å². The van der Waals surface area contributed by atoms with Gasteiger partial charge in [0.2, 0.25) is 0 Å². The van der Waals surface area contributed by atoms with E-state index in [0.717, 1.165) is 25.9 Å². The van der Waals surface area contributed by atoms with Gasteiger partial charge in [-0.25, -0.2) is 0 Å². The summed E-state index contributed by atoms with van der Waals surface area (Å²) in [7, 11) is 0. The Kier molecular flexibility index (Phi) is 2.13. The largest absolute Gasteiger partial charge is 0.393 e. The summed E-state index contributed by atoms with van der Waals surface area (Å²) in [4.78, 5) is 0. The molecule has 0 aromatic rings. The highest BCUT2D eigenvalue weighted by atomic mass is 16.5. The Morgan fingerprint density at radius 1 is 1.42 bits per heavy atom. The number of hydrogen-bond acceptors (Lipinski definition) is 2. The number of hydrogen-bond donors (Lipinski definition) is 1. The van der Waals surface area contributed by atoms with Crippen LogP contribution in [0.2, 0.25) is 0 Å². The molecule has 12 heavy (non-hydrogen) atoms. The van der Waals surface area contributed by atoms with E-state index in [9.17, 15) is 5.11 Å². The van der Waals surface area contributed by atoms with Gasteiger partial charge in [-0.15, -0.1) is 0 Å². The van der Waals surface area contributed by atoms with Crippen molar-refractivity contribution in [1.29, 1.82) is 0 Å². The Balaban J connectivity index is 2.08. The summed E-state index contributed by atoms with van der Waals surface area (Å²) < 4.78 is 5.85. The SMILES string of the molecule is CC1CCCC12CC(O)CCO2. The second-order valence-corrected chi connectivity index (χ2v) is 4.35. The maximum absolute atomic E-state index is 9.57. The first-order valence-corrected chi connectivity index (χ1v) is 5.05. The third-order valence-electron chi connectivity index (χ3n) is 3.56. The first kappa shape index (κ1) is 8.52. The average molecular weight is 170 g/mol. The van der Waals surface area contributed by atoms with Crippen LogP contribution < -0.4 is 0 Å². The molecule has 3 atom stereocenters.